The molecular formula is C7H9FIN. The molecule has 0 heterocycles. The van der Waals surface area contributed by atoms with Gasteiger partial charge >= 0.3 is 0 Å². The van der Waals surface area contributed by atoms with Crippen molar-refractivity contribution in [1.82, 2.24) is 0 Å². The molecule has 0 aromatic heterocycles. The van der Waals surface area contributed by atoms with E-state index in [0.29, 0.717) is 3.58 Å². The Labute approximate surface area is 73.6 Å². The van der Waals surface area contributed by atoms with Crippen LogP contribution in [0.4, 0.5) is 4.39 Å². The first-order valence-corrected chi connectivity index (χ1v) is 3.79. The zero-order valence-corrected chi connectivity index (χ0v) is 7.85. The van der Waals surface area contributed by atoms with E-state index in [2.05, 4.69) is 6.58 Å². The molecule has 0 rings (SSSR count). The summed E-state index contributed by atoms with van der Waals surface area (Å²) in [6.45, 7) is 5.18. The van der Waals surface area contributed by atoms with Crippen molar-refractivity contribution in [3.8, 4) is 0 Å². The number of halogens is 2. The lowest BCUT2D eigenvalue weighted by molar-refractivity contribution is 0.648. The largest absolute Gasteiger partial charge is 0.397 e. The van der Waals surface area contributed by atoms with Crippen LogP contribution in [0.25, 0.3) is 0 Å². The molecule has 1 nitrogen and oxygen atoms in total. The highest BCUT2D eigenvalue weighted by Crippen LogP contribution is 2.12. The van der Waals surface area contributed by atoms with Crippen molar-refractivity contribution >= 4 is 22.6 Å². The summed E-state index contributed by atoms with van der Waals surface area (Å²) in [5.74, 6) is -0.429. The molecule has 56 valence electrons. The van der Waals surface area contributed by atoms with Crippen LogP contribution in [0.15, 0.2) is 33.8 Å². The fourth-order valence-corrected chi connectivity index (χ4v) is 0.632. The maximum atomic E-state index is 12.6. The van der Waals surface area contributed by atoms with E-state index in [1.54, 1.807) is 6.92 Å². The highest BCUT2D eigenvalue weighted by Gasteiger charge is 1.95. The minimum atomic E-state index is -0.429. The van der Waals surface area contributed by atoms with E-state index in [9.17, 15) is 4.39 Å². The predicted octanol–water partition coefficient (Wildman–Crippen LogP) is 2.65. The second-order valence-electron chi connectivity index (χ2n) is 1.68. The van der Waals surface area contributed by atoms with E-state index in [-0.39, 0.29) is 5.70 Å². The van der Waals surface area contributed by atoms with Crippen LogP contribution in [-0.2, 0) is 0 Å². The van der Waals surface area contributed by atoms with Gasteiger partial charge in [0.15, 0.2) is 0 Å². The Kier molecular flexibility index (Phi) is 4.34. The van der Waals surface area contributed by atoms with Crippen LogP contribution in [0.5, 0.6) is 0 Å². The SMILES string of the molecule is C=C(I)/C=C(F)\C(N)=C/C. The molecule has 0 saturated carbocycles. The smallest absolute Gasteiger partial charge is 0.146 e. The molecule has 0 bridgehead atoms. The molecule has 0 fully saturated rings. The van der Waals surface area contributed by atoms with Gasteiger partial charge in [0.05, 0.1) is 5.70 Å². The van der Waals surface area contributed by atoms with E-state index >= 15 is 0 Å². The summed E-state index contributed by atoms with van der Waals surface area (Å²) >= 11 is 1.91. The minimum absolute atomic E-state index is 0.151. The average Bonchev–Trinajstić information content (AvgIpc) is 1.85. The summed E-state index contributed by atoms with van der Waals surface area (Å²) in [5.41, 5.74) is 5.39. The van der Waals surface area contributed by atoms with Gasteiger partial charge in [-0.3, -0.25) is 0 Å². The van der Waals surface area contributed by atoms with Crippen molar-refractivity contribution in [2.45, 2.75) is 6.92 Å². The van der Waals surface area contributed by atoms with Gasteiger partial charge in [0.1, 0.15) is 5.83 Å². The Morgan fingerprint density at radius 2 is 2.20 bits per heavy atom. The molecule has 0 aliphatic carbocycles. The first kappa shape index (κ1) is 9.68. The molecule has 0 atom stereocenters. The van der Waals surface area contributed by atoms with Crippen LogP contribution >= 0.6 is 22.6 Å². The van der Waals surface area contributed by atoms with Crippen molar-refractivity contribution in [3.63, 3.8) is 0 Å². The van der Waals surface area contributed by atoms with Crippen molar-refractivity contribution in [2.24, 2.45) is 5.73 Å². The summed E-state index contributed by atoms with van der Waals surface area (Å²) in [5, 5.41) is 0. The van der Waals surface area contributed by atoms with Crippen LogP contribution in [0, 0.1) is 0 Å². The molecule has 0 aromatic rings. The van der Waals surface area contributed by atoms with Crippen LogP contribution in [0.2, 0.25) is 0 Å². The lowest BCUT2D eigenvalue weighted by atomic mass is 10.3. The number of hydrogen-bond acceptors (Lipinski definition) is 1. The lowest BCUT2D eigenvalue weighted by Gasteiger charge is -1.93. The second-order valence-corrected chi connectivity index (χ2v) is 3.07. The Morgan fingerprint density at radius 3 is 2.50 bits per heavy atom. The molecule has 0 radical (unpaired) electrons. The van der Waals surface area contributed by atoms with E-state index in [4.69, 9.17) is 5.73 Å². The maximum Gasteiger partial charge on any atom is 0.146 e. The first-order chi connectivity index (χ1) is 4.57. The van der Waals surface area contributed by atoms with Crippen LogP contribution < -0.4 is 5.73 Å². The number of rotatable bonds is 2. The molecule has 0 aliphatic rings. The number of hydrogen-bond donors (Lipinski definition) is 1. The first-order valence-electron chi connectivity index (χ1n) is 2.71. The molecule has 10 heavy (non-hydrogen) atoms. The molecule has 3 heteroatoms. The lowest BCUT2D eigenvalue weighted by Crippen LogP contribution is -1.96. The minimum Gasteiger partial charge on any atom is -0.397 e. The Bertz CT molecular complexity index is 194. The van der Waals surface area contributed by atoms with Crippen LogP contribution in [0.1, 0.15) is 6.92 Å². The molecule has 0 saturated heterocycles. The molecule has 0 amide bonds. The van der Waals surface area contributed by atoms with Crippen LogP contribution in [-0.4, -0.2) is 0 Å². The Balaban J connectivity index is 4.35. The fourth-order valence-electron chi connectivity index (χ4n) is 0.359. The summed E-state index contributed by atoms with van der Waals surface area (Å²) in [6, 6.07) is 0. The van der Waals surface area contributed by atoms with Gasteiger partial charge in [0.25, 0.3) is 0 Å². The maximum absolute atomic E-state index is 12.6. The number of allylic oxidation sites excluding steroid dienone is 4. The summed E-state index contributed by atoms with van der Waals surface area (Å²) < 4.78 is 13.3. The van der Waals surface area contributed by atoms with Crippen molar-refractivity contribution < 1.29 is 4.39 Å². The third kappa shape index (κ3) is 3.66. The quantitative estimate of drug-likeness (QED) is 0.594. The molecule has 0 spiro atoms. The van der Waals surface area contributed by atoms with Gasteiger partial charge in [-0.05, 0) is 35.6 Å². The van der Waals surface area contributed by atoms with E-state index in [0.717, 1.165) is 0 Å². The van der Waals surface area contributed by atoms with Gasteiger partial charge in [-0.1, -0.05) is 12.7 Å². The standard InChI is InChI=1S/C7H9FIN/c1-3-7(10)6(8)4-5(2)9/h3-4H,2,10H2,1H3/b6-4+,7-3+. The topological polar surface area (TPSA) is 26.0 Å². The van der Waals surface area contributed by atoms with Gasteiger partial charge < -0.3 is 5.73 Å². The van der Waals surface area contributed by atoms with E-state index in [1.165, 1.54) is 12.2 Å². The monoisotopic (exact) mass is 253 g/mol. The summed E-state index contributed by atoms with van der Waals surface area (Å²) in [4.78, 5) is 0. The summed E-state index contributed by atoms with van der Waals surface area (Å²) in [7, 11) is 0. The molecule has 2 N–H and O–H groups in total. The fraction of sp³-hybridized carbons (Fsp3) is 0.143. The number of nitrogens with two attached hydrogens (primary N) is 1. The zero-order valence-electron chi connectivity index (χ0n) is 5.70. The normalized spacial score (nSPS) is 13.5. The van der Waals surface area contributed by atoms with Crippen molar-refractivity contribution in [2.75, 3.05) is 0 Å². The van der Waals surface area contributed by atoms with Gasteiger partial charge in [0.2, 0.25) is 0 Å². The zero-order chi connectivity index (χ0) is 8.15. The van der Waals surface area contributed by atoms with E-state index < -0.39 is 5.83 Å². The van der Waals surface area contributed by atoms with Crippen LogP contribution in [0.3, 0.4) is 0 Å². The third-order valence-electron chi connectivity index (χ3n) is 0.870. The molecule has 0 aromatic carbocycles. The van der Waals surface area contributed by atoms with E-state index in [1.807, 2.05) is 22.6 Å². The highest BCUT2D eigenvalue weighted by molar-refractivity contribution is 14.1. The van der Waals surface area contributed by atoms with Gasteiger partial charge in [0, 0.05) is 3.58 Å². The van der Waals surface area contributed by atoms with Gasteiger partial charge in [-0.2, -0.15) is 0 Å². The van der Waals surface area contributed by atoms with Gasteiger partial charge in [-0.25, -0.2) is 4.39 Å². The van der Waals surface area contributed by atoms with Crippen molar-refractivity contribution in [3.05, 3.63) is 33.8 Å². The predicted molar refractivity (Wildman–Crippen MR) is 50.3 cm³/mol. The molecular weight excluding hydrogens is 244 g/mol. The summed E-state index contributed by atoms with van der Waals surface area (Å²) in [6.07, 6.45) is 2.79. The average molecular weight is 253 g/mol. The van der Waals surface area contributed by atoms with Gasteiger partial charge in [-0.15, -0.1) is 0 Å². The van der Waals surface area contributed by atoms with Crippen molar-refractivity contribution in [1.29, 1.82) is 0 Å². The third-order valence-corrected chi connectivity index (χ3v) is 1.18. The Morgan fingerprint density at radius 1 is 1.70 bits per heavy atom. The highest BCUT2D eigenvalue weighted by atomic mass is 127. The second kappa shape index (κ2) is 4.49. The molecule has 0 aliphatic heterocycles. The Hall–Kier alpha value is -0.320. The molecule has 0 unspecified atom stereocenters.